The van der Waals surface area contributed by atoms with Gasteiger partial charge in [0.2, 0.25) is 0 Å². The van der Waals surface area contributed by atoms with Crippen molar-refractivity contribution < 1.29 is 5.11 Å². The molecule has 0 aliphatic carbocycles. The molecule has 0 spiro atoms. The summed E-state index contributed by atoms with van der Waals surface area (Å²) in [6.07, 6.45) is 2.19. The standard InChI is InChI=1S/C14H23BrN2O/c1-3-12(4-2)17(8-9-18)10-11-6-5-7-13(16)14(11)15/h5-7,12,18H,3-4,8-10,16H2,1-2H3. The van der Waals surface area contributed by atoms with Gasteiger partial charge in [0.05, 0.1) is 6.61 Å². The Hall–Kier alpha value is -0.580. The van der Waals surface area contributed by atoms with E-state index < -0.39 is 0 Å². The Morgan fingerprint density at radius 3 is 2.56 bits per heavy atom. The molecular formula is C14H23BrN2O. The average Bonchev–Trinajstić information content (AvgIpc) is 2.36. The third kappa shape index (κ3) is 3.97. The Morgan fingerprint density at radius 2 is 2.00 bits per heavy atom. The molecule has 1 aromatic carbocycles. The van der Waals surface area contributed by atoms with E-state index in [2.05, 4.69) is 40.7 Å². The van der Waals surface area contributed by atoms with Crippen molar-refractivity contribution in [3.8, 4) is 0 Å². The maximum absolute atomic E-state index is 9.20. The molecule has 102 valence electrons. The topological polar surface area (TPSA) is 49.5 Å². The highest BCUT2D eigenvalue weighted by Gasteiger charge is 2.16. The fourth-order valence-corrected chi connectivity index (χ4v) is 2.65. The molecule has 0 aliphatic rings. The van der Waals surface area contributed by atoms with E-state index in [4.69, 9.17) is 5.73 Å². The van der Waals surface area contributed by atoms with E-state index in [0.717, 1.165) is 29.5 Å². The van der Waals surface area contributed by atoms with Crippen molar-refractivity contribution in [3.63, 3.8) is 0 Å². The lowest BCUT2D eigenvalue weighted by atomic mass is 10.1. The van der Waals surface area contributed by atoms with E-state index in [0.29, 0.717) is 12.6 Å². The van der Waals surface area contributed by atoms with Gasteiger partial charge in [-0.1, -0.05) is 26.0 Å². The zero-order chi connectivity index (χ0) is 13.5. The van der Waals surface area contributed by atoms with Crippen LogP contribution in [0.4, 0.5) is 5.69 Å². The molecule has 4 heteroatoms. The first kappa shape index (κ1) is 15.5. The Bertz CT molecular complexity index is 367. The first-order valence-electron chi connectivity index (χ1n) is 6.51. The van der Waals surface area contributed by atoms with Crippen LogP contribution in [-0.2, 0) is 6.54 Å². The minimum atomic E-state index is 0.191. The number of benzene rings is 1. The average molecular weight is 315 g/mol. The molecule has 3 N–H and O–H groups in total. The van der Waals surface area contributed by atoms with Gasteiger partial charge in [0.25, 0.3) is 0 Å². The van der Waals surface area contributed by atoms with Crippen molar-refractivity contribution in [1.82, 2.24) is 4.90 Å². The molecule has 3 nitrogen and oxygen atoms in total. The number of halogens is 1. The SMILES string of the molecule is CCC(CC)N(CCO)Cc1cccc(N)c1Br. The molecule has 0 bridgehead atoms. The van der Waals surface area contributed by atoms with Crippen molar-refractivity contribution >= 4 is 21.6 Å². The number of rotatable bonds is 7. The van der Waals surface area contributed by atoms with E-state index in [9.17, 15) is 5.11 Å². The Morgan fingerprint density at radius 1 is 1.33 bits per heavy atom. The van der Waals surface area contributed by atoms with Gasteiger partial charge in [0.15, 0.2) is 0 Å². The number of hydrogen-bond acceptors (Lipinski definition) is 3. The zero-order valence-electron chi connectivity index (χ0n) is 11.2. The van der Waals surface area contributed by atoms with Crippen LogP contribution in [0.1, 0.15) is 32.3 Å². The maximum Gasteiger partial charge on any atom is 0.0558 e. The molecule has 0 unspecified atom stereocenters. The van der Waals surface area contributed by atoms with Crippen LogP contribution in [0, 0.1) is 0 Å². The molecule has 1 aromatic rings. The molecule has 0 saturated heterocycles. The van der Waals surface area contributed by atoms with Crippen LogP contribution in [0.25, 0.3) is 0 Å². The van der Waals surface area contributed by atoms with Crippen molar-refractivity contribution in [2.45, 2.75) is 39.3 Å². The highest BCUT2D eigenvalue weighted by atomic mass is 79.9. The largest absolute Gasteiger partial charge is 0.398 e. The van der Waals surface area contributed by atoms with Gasteiger partial charge in [-0.15, -0.1) is 0 Å². The minimum Gasteiger partial charge on any atom is -0.398 e. The van der Waals surface area contributed by atoms with Gasteiger partial charge in [-0.25, -0.2) is 0 Å². The highest BCUT2D eigenvalue weighted by Crippen LogP contribution is 2.26. The lowest BCUT2D eigenvalue weighted by molar-refractivity contribution is 0.136. The lowest BCUT2D eigenvalue weighted by Crippen LogP contribution is -2.36. The minimum absolute atomic E-state index is 0.191. The number of hydrogen-bond donors (Lipinski definition) is 2. The van der Waals surface area contributed by atoms with E-state index in [1.807, 2.05) is 12.1 Å². The van der Waals surface area contributed by atoms with Gasteiger partial charge < -0.3 is 10.8 Å². The predicted octanol–water partition coefficient (Wildman–Crippen LogP) is 3.01. The van der Waals surface area contributed by atoms with Crippen LogP contribution in [0.15, 0.2) is 22.7 Å². The van der Waals surface area contributed by atoms with E-state index in [-0.39, 0.29) is 6.61 Å². The van der Waals surface area contributed by atoms with Crippen LogP contribution < -0.4 is 5.73 Å². The van der Waals surface area contributed by atoms with Crippen LogP contribution in [0.5, 0.6) is 0 Å². The molecule has 18 heavy (non-hydrogen) atoms. The summed E-state index contributed by atoms with van der Waals surface area (Å²) in [5.41, 5.74) is 7.84. The predicted molar refractivity (Wildman–Crippen MR) is 80.4 cm³/mol. The smallest absolute Gasteiger partial charge is 0.0558 e. The number of nitrogens with two attached hydrogens (primary N) is 1. The number of aliphatic hydroxyl groups is 1. The molecule has 0 radical (unpaired) electrons. The third-order valence-electron chi connectivity index (χ3n) is 3.33. The molecule has 0 fully saturated rings. The van der Waals surface area contributed by atoms with Gasteiger partial charge in [0, 0.05) is 29.3 Å². The van der Waals surface area contributed by atoms with Gasteiger partial charge in [0.1, 0.15) is 0 Å². The normalized spacial score (nSPS) is 11.4. The zero-order valence-corrected chi connectivity index (χ0v) is 12.8. The van der Waals surface area contributed by atoms with E-state index in [1.165, 1.54) is 5.56 Å². The molecule has 0 saturated carbocycles. The molecule has 0 aliphatic heterocycles. The summed E-state index contributed by atoms with van der Waals surface area (Å²) in [4.78, 5) is 2.32. The quantitative estimate of drug-likeness (QED) is 0.761. The van der Waals surface area contributed by atoms with E-state index in [1.54, 1.807) is 0 Å². The first-order chi connectivity index (χ1) is 8.63. The summed E-state index contributed by atoms with van der Waals surface area (Å²) in [5.74, 6) is 0. The number of nitrogen functional groups attached to an aromatic ring is 1. The lowest BCUT2D eigenvalue weighted by Gasteiger charge is -2.30. The number of aliphatic hydroxyl groups excluding tert-OH is 1. The fraction of sp³-hybridized carbons (Fsp3) is 0.571. The van der Waals surface area contributed by atoms with Crippen LogP contribution in [0.3, 0.4) is 0 Å². The number of anilines is 1. The second kappa shape index (κ2) is 7.77. The summed E-state index contributed by atoms with van der Waals surface area (Å²) in [6, 6.07) is 6.44. The van der Waals surface area contributed by atoms with Crippen molar-refractivity contribution in [2.75, 3.05) is 18.9 Å². The summed E-state index contributed by atoms with van der Waals surface area (Å²) in [6.45, 7) is 6.09. The van der Waals surface area contributed by atoms with Crippen LogP contribution in [0.2, 0.25) is 0 Å². The Labute approximate surface area is 118 Å². The first-order valence-corrected chi connectivity index (χ1v) is 7.31. The van der Waals surface area contributed by atoms with Crippen molar-refractivity contribution in [2.24, 2.45) is 0 Å². The fourth-order valence-electron chi connectivity index (χ4n) is 2.26. The summed E-state index contributed by atoms with van der Waals surface area (Å²) < 4.78 is 0.971. The number of nitrogens with zero attached hydrogens (tertiary/aromatic N) is 1. The summed E-state index contributed by atoms with van der Waals surface area (Å²) in [7, 11) is 0. The van der Waals surface area contributed by atoms with Gasteiger partial charge in [-0.2, -0.15) is 0 Å². The van der Waals surface area contributed by atoms with Gasteiger partial charge >= 0.3 is 0 Å². The van der Waals surface area contributed by atoms with Gasteiger partial charge in [-0.3, -0.25) is 4.90 Å². The highest BCUT2D eigenvalue weighted by molar-refractivity contribution is 9.10. The Kier molecular flexibility index (Phi) is 6.68. The summed E-state index contributed by atoms with van der Waals surface area (Å²) in [5, 5.41) is 9.20. The monoisotopic (exact) mass is 314 g/mol. The van der Waals surface area contributed by atoms with E-state index >= 15 is 0 Å². The molecular weight excluding hydrogens is 292 g/mol. The second-order valence-corrected chi connectivity index (χ2v) is 5.28. The third-order valence-corrected chi connectivity index (χ3v) is 4.30. The molecule has 1 rings (SSSR count). The van der Waals surface area contributed by atoms with Gasteiger partial charge in [-0.05, 0) is 40.4 Å². The van der Waals surface area contributed by atoms with Crippen molar-refractivity contribution in [3.05, 3.63) is 28.2 Å². The molecule has 0 amide bonds. The van der Waals surface area contributed by atoms with Crippen LogP contribution >= 0.6 is 15.9 Å². The molecule has 0 heterocycles. The molecule has 0 aromatic heterocycles. The van der Waals surface area contributed by atoms with Crippen molar-refractivity contribution in [1.29, 1.82) is 0 Å². The summed E-state index contributed by atoms with van der Waals surface area (Å²) >= 11 is 3.54. The molecule has 0 atom stereocenters. The Balaban J connectivity index is 2.85. The van der Waals surface area contributed by atoms with Crippen LogP contribution in [-0.4, -0.2) is 29.2 Å². The second-order valence-electron chi connectivity index (χ2n) is 4.48. The maximum atomic E-state index is 9.20.